The van der Waals surface area contributed by atoms with Crippen molar-refractivity contribution in [1.29, 1.82) is 0 Å². The highest BCUT2D eigenvalue weighted by atomic mass is 16.6. The third-order valence-electron chi connectivity index (χ3n) is 5.71. The minimum absolute atomic E-state index is 0.0240. The first-order valence-electron chi connectivity index (χ1n) is 10.6. The zero-order valence-corrected chi connectivity index (χ0v) is 18.3. The van der Waals surface area contributed by atoms with Gasteiger partial charge in [-0.2, -0.15) is 0 Å². The van der Waals surface area contributed by atoms with Gasteiger partial charge in [0.2, 0.25) is 0 Å². The molecule has 10 heteroatoms. The Morgan fingerprint density at radius 2 is 1.40 bits per heavy atom. The minimum atomic E-state index is -1.56. The van der Waals surface area contributed by atoms with Crippen LogP contribution in [-0.2, 0) is 14.2 Å². The third kappa shape index (κ3) is 7.33. The van der Waals surface area contributed by atoms with E-state index in [1.165, 1.54) is 7.11 Å². The Morgan fingerprint density at radius 3 is 1.90 bits per heavy atom. The Balaban J connectivity index is 2.79. The second-order valence-corrected chi connectivity index (χ2v) is 8.38. The number of ether oxygens (including phenoxy) is 3. The van der Waals surface area contributed by atoms with Gasteiger partial charge in [-0.1, -0.05) is 20.3 Å². The zero-order valence-electron chi connectivity index (χ0n) is 18.3. The fourth-order valence-corrected chi connectivity index (χ4v) is 3.77. The van der Waals surface area contributed by atoms with Crippen molar-refractivity contribution in [2.45, 2.75) is 107 Å². The lowest BCUT2D eigenvalue weighted by Gasteiger charge is -2.42. The molecular weight excluding hydrogens is 400 g/mol. The number of aliphatic hydroxyl groups is 7. The molecule has 1 fully saturated rings. The van der Waals surface area contributed by atoms with Gasteiger partial charge in [-0.05, 0) is 19.8 Å². The highest BCUT2D eigenvalue weighted by Crippen LogP contribution is 2.29. The molecule has 0 radical (unpaired) electrons. The zero-order chi connectivity index (χ0) is 23.1. The number of rotatable bonds is 13. The number of aliphatic hydroxyl groups excluding tert-OH is 7. The summed E-state index contributed by atoms with van der Waals surface area (Å²) in [4.78, 5) is 0. The van der Waals surface area contributed by atoms with Gasteiger partial charge in [-0.15, -0.1) is 0 Å². The van der Waals surface area contributed by atoms with Crippen LogP contribution in [-0.4, -0.2) is 117 Å². The summed E-state index contributed by atoms with van der Waals surface area (Å²) >= 11 is 0. The van der Waals surface area contributed by atoms with Crippen LogP contribution in [0.5, 0.6) is 0 Å². The van der Waals surface area contributed by atoms with E-state index in [0.29, 0.717) is 12.8 Å². The summed E-state index contributed by atoms with van der Waals surface area (Å²) in [6.07, 6.45) is -10.1. The van der Waals surface area contributed by atoms with Crippen LogP contribution in [0.15, 0.2) is 0 Å². The van der Waals surface area contributed by atoms with Crippen LogP contribution in [0.2, 0.25) is 0 Å². The largest absolute Gasteiger partial charge is 0.390 e. The molecule has 1 heterocycles. The van der Waals surface area contributed by atoms with Gasteiger partial charge in [-0.3, -0.25) is 0 Å². The average Bonchev–Trinajstić information content (AvgIpc) is 2.71. The summed E-state index contributed by atoms with van der Waals surface area (Å²) in [6, 6.07) is 0. The second-order valence-electron chi connectivity index (χ2n) is 8.38. The number of hydrogen-bond acceptors (Lipinski definition) is 10. The summed E-state index contributed by atoms with van der Waals surface area (Å²) in [5.74, 6) is 0. The van der Waals surface area contributed by atoms with Crippen molar-refractivity contribution in [3.63, 3.8) is 0 Å². The van der Waals surface area contributed by atoms with Crippen LogP contribution in [0.25, 0.3) is 0 Å². The van der Waals surface area contributed by atoms with Crippen molar-refractivity contribution in [1.82, 2.24) is 0 Å². The maximum absolute atomic E-state index is 10.4. The second kappa shape index (κ2) is 12.6. The molecule has 180 valence electrons. The highest BCUT2D eigenvalue weighted by molar-refractivity contribution is 4.93. The third-order valence-corrected chi connectivity index (χ3v) is 5.71. The van der Waals surface area contributed by atoms with Crippen molar-refractivity contribution in [2.75, 3.05) is 20.3 Å². The molecule has 0 bridgehead atoms. The van der Waals surface area contributed by atoms with Gasteiger partial charge < -0.3 is 50.0 Å². The van der Waals surface area contributed by atoms with E-state index in [1.807, 2.05) is 6.92 Å². The first kappa shape index (κ1) is 27.6. The van der Waals surface area contributed by atoms with Gasteiger partial charge in [0.05, 0.1) is 31.0 Å². The van der Waals surface area contributed by atoms with Gasteiger partial charge in [0.15, 0.2) is 0 Å². The molecule has 0 aromatic rings. The fourth-order valence-electron chi connectivity index (χ4n) is 3.77. The first-order valence-corrected chi connectivity index (χ1v) is 10.6. The Hall–Kier alpha value is -0.400. The summed E-state index contributed by atoms with van der Waals surface area (Å²) in [5.41, 5.74) is -0.938. The quantitative estimate of drug-likeness (QED) is 0.175. The van der Waals surface area contributed by atoms with Crippen molar-refractivity contribution in [2.24, 2.45) is 0 Å². The first-order chi connectivity index (χ1) is 14.0. The van der Waals surface area contributed by atoms with E-state index in [1.54, 1.807) is 13.8 Å². The predicted molar refractivity (Wildman–Crippen MR) is 107 cm³/mol. The molecule has 0 aromatic heterocycles. The van der Waals surface area contributed by atoms with Crippen LogP contribution < -0.4 is 0 Å². The molecule has 7 N–H and O–H groups in total. The maximum atomic E-state index is 10.4. The molecule has 1 aliphatic rings. The van der Waals surface area contributed by atoms with Gasteiger partial charge in [0, 0.05) is 13.5 Å². The van der Waals surface area contributed by atoms with Crippen LogP contribution in [0.3, 0.4) is 0 Å². The molecule has 1 aliphatic heterocycles. The summed E-state index contributed by atoms with van der Waals surface area (Å²) in [6.45, 7) is 5.18. The normalized spacial score (nSPS) is 33.5. The van der Waals surface area contributed by atoms with E-state index in [4.69, 9.17) is 14.2 Å². The van der Waals surface area contributed by atoms with E-state index in [-0.39, 0.29) is 26.1 Å². The van der Waals surface area contributed by atoms with Crippen molar-refractivity contribution >= 4 is 0 Å². The lowest BCUT2D eigenvalue weighted by atomic mass is 9.88. The molecule has 1 rings (SSSR count). The average molecular weight is 441 g/mol. The molecule has 1 saturated heterocycles. The molecule has 0 saturated carbocycles. The summed E-state index contributed by atoms with van der Waals surface area (Å²) in [7, 11) is 1.42. The van der Waals surface area contributed by atoms with Crippen molar-refractivity contribution in [3.8, 4) is 0 Å². The van der Waals surface area contributed by atoms with E-state index >= 15 is 0 Å². The molecule has 10 atom stereocenters. The molecule has 30 heavy (non-hydrogen) atoms. The summed E-state index contributed by atoms with van der Waals surface area (Å²) in [5, 5.41) is 70.6. The SMILES string of the molecule is CCCC(C)(CC(O)C(O)C(O)C(O)CC)OCC1OC(COC)C(O)C(O)C1O. The lowest BCUT2D eigenvalue weighted by molar-refractivity contribution is -0.249. The number of methoxy groups -OCH3 is 1. The molecule has 0 aliphatic carbocycles. The lowest BCUT2D eigenvalue weighted by Crippen LogP contribution is -2.60. The van der Waals surface area contributed by atoms with E-state index in [2.05, 4.69) is 0 Å². The Labute approximate surface area is 178 Å². The van der Waals surface area contributed by atoms with Gasteiger partial charge in [-0.25, -0.2) is 0 Å². The van der Waals surface area contributed by atoms with Crippen LogP contribution in [0, 0.1) is 0 Å². The standard InChI is InChI=1S/C20H40O10/c1-5-7-20(3,8-12(22)16(24)15(23)11(21)6-2)29-10-14-18(26)19(27)17(25)13(30-14)9-28-4/h11-19,21-27H,5-10H2,1-4H3. The van der Waals surface area contributed by atoms with Crippen molar-refractivity contribution < 1.29 is 50.0 Å². The van der Waals surface area contributed by atoms with E-state index in [0.717, 1.165) is 0 Å². The topological polar surface area (TPSA) is 169 Å². The number of hydrogen-bond donors (Lipinski definition) is 7. The van der Waals surface area contributed by atoms with E-state index < -0.39 is 60.5 Å². The highest BCUT2D eigenvalue weighted by Gasteiger charge is 2.44. The van der Waals surface area contributed by atoms with Gasteiger partial charge in [0.25, 0.3) is 0 Å². The summed E-state index contributed by atoms with van der Waals surface area (Å²) < 4.78 is 16.6. The monoisotopic (exact) mass is 440 g/mol. The van der Waals surface area contributed by atoms with Crippen LogP contribution in [0.1, 0.15) is 46.5 Å². The molecular formula is C20H40O10. The minimum Gasteiger partial charge on any atom is -0.390 e. The van der Waals surface area contributed by atoms with Crippen LogP contribution >= 0.6 is 0 Å². The smallest absolute Gasteiger partial charge is 0.111 e. The Morgan fingerprint density at radius 1 is 0.867 bits per heavy atom. The predicted octanol–water partition coefficient (Wildman–Crippen LogP) is -1.70. The maximum Gasteiger partial charge on any atom is 0.111 e. The van der Waals surface area contributed by atoms with E-state index in [9.17, 15) is 35.7 Å². The van der Waals surface area contributed by atoms with Crippen molar-refractivity contribution in [3.05, 3.63) is 0 Å². The molecule has 0 spiro atoms. The molecule has 0 amide bonds. The van der Waals surface area contributed by atoms with Gasteiger partial charge >= 0.3 is 0 Å². The molecule has 10 unspecified atom stereocenters. The Bertz CT molecular complexity index is 481. The van der Waals surface area contributed by atoms with Crippen LogP contribution in [0.4, 0.5) is 0 Å². The van der Waals surface area contributed by atoms with Gasteiger partial charge in [0.1, 0.15) is 42.7 Å². The molecule has 0 aromatic carbocycles. The molecule has 10 nitrogen and oxygen atoms in total. The Kier molecular flexibility index (Phi) is 11.6. The fraction of sp³-hybridized carbons (Fsp3) is 1.00.